The number of hydrogen-bond donors (Lipinski definition) is 1. The lowest BCUT2D eigenvalue weighted by molar-refractivity contribution is 0.102. The number of nitrogens with one attached hydrogen (secondary N) is 1. The second-order valence-electron chi connectivity index (χ2n) is 6.00. The number of ether oxygens (including phenoxy) is 1. The van der Waals surface area contributed by atoms with Crippen molar-refractivity contribution in [2.75, 3.05) is 30.4 Å². The van der Waals surface area contributed by atoms with E-state index in [1.54, 1.807) is 7.11 Å². The van der Waals surface area contributed by atoms with E-state index in [1.807, 2.05) is 24.3 Å². The molecule has 0 aliphatic carbocycles. The van der Waals surface area contributed by atoms with Gasteiger partial charge in [-0.2, -0.15) is 0 Å². The van der Waals surface area contributed by atoms with Gasteiger partial charge in [0.15, 0.2) is 5.69 Å². The minimum atomic E-state index is -0.347. The van der Waals surface area contributed by atoms with E-state index in [2.05, 4.69) is 20.2 Å². The smallest absolute Gasteiger partial charge is 0.276 e. The Balaban J connectivity index is 1.78. The molecule has 0 saturated carbocycles. The summed E-state index contributed by atoms with van der Waals surface area (Å²) in [5.74, 6) is 0.211. The summed E-state index contributed by atoms with van der Waals surface area (Å²) in [5.41, 5.74) is 1.84. The predicted octanol–water partition coefficient (Wildman–Crippen LogP) is 3.52. The van der Waals surface area contributed by atoms with Gasteiger partial charge < -0.3 is 15.0 Å². The molecule has 0 radical (unpaired) electrons. The lowest BCUT2D eigenvalue weighted by Crippen LogP contribution is -2.31. The maximum Gasteiger partial charge on any atom is 0.276 e. The molecular formula is C18H21ClN4O2. The molecule has 0 atom stereocenters. The summed E-state index contributed by atoms with van der Waals surface area (Å²) in [4.78, 5) is 23.4. The van der Waals surface area contributed by atoms with Gasteiger partial charge in [0.05, 0.1) is 17.8 Å². The van der Waals surface area contributed by atoms with E-state index in [9.17, 15) is 4.79 Å². The van der Waals surface area contributed by atoms with Crippen LogP contribution < -0.4 is 10.2 Å². The number of methoxy groups -OCH3 is 1. The van der Waals surface area contributed by atoms with Gasteiger partial charge in [0.2, 0.25) is 5.95 Å². The molecule has 6 nitrogen and oxygen atoms in total. The zero-order valence-electron chi connectivity index (χ0n) is 14.2. The minimum Gasteiger partial charge on any atom is -0.380 e. The number of hydrogen-bond acceptors (Lipinski definition) is 5. The van der Waals surface area contributed by atoms with E-state index in [-0.39, 0.29) is 16.6 Å². The first kappa shape index (κ1) is 17.6. The van der Waals surface area contributed by atoms with Gasteiger partial charge in [-0.25, -0.2) is 9.97 Å². The quantitative estimate of drug-likeness (QED) is 0.883. The van der Waals surface area contributed by atoms with Crippen LogP contribution in [0.2, 0.25) is 5.02 Å². The molecule has 2 heterocycles. The Morgan fingerprint density at radius 2 is 2.12 bits per heavy atom. The fourth-order valence-electron chi connectivity index (χ4n) is 2.86. The molecule has 1 fully saturated rings. The molecular weight excluding hydrogens is 340 g/mol. The van der Waals surface area contributed by atoms with Crippen LogP contribution in [0, 0.1) is 0 Å². The fraction of sp³-hybridized carbons (Fsp3) is 0.389. The van der Waals surface area contributed by atoms with E-state index in [4.69, 9.17) is 16.3 Å². The first-order valence-corrected chi connectivity index (χ1v) is 8.72. The van der Waals surface area contributed by atoms with Crippen LogP contribution in [0.1, 0.15) is 35.3 Å². The maximum atomic E-state index is 12.6. The number of amides is 1. The zero-order chi connectivity index (χ0) is 17.6. The lowest BCUT2D eigenvalue weighted by Gasteiger charge is -2.26. The summed E-state index contributed by atoms with van der Waals surface area (Å²) in [6.07, 6.45) is 4.93. The van der Waals surface area contributed by atoms with Crippen LogP contribution in [-0.4, -0.2) is 36.1 Å². The molecule has 0 bridgehead atoms. The summed E-state index contributed by atoms with van der Waals surface area (Å²) in [6.45, 7) is 2.29. The summed E-state index contributed by atoms with van der Waals surface area (Å²) in [7, 11) is 1.63. The van der Waals surface area contributed by atoms with E-state index in [0.717, 1.165) is 31.5 Å². The number of aromatic nitrogens is 2. The molecule has 1 saturated heterocycles. The van der Waals surface area contributed by atoms with Gasteiger partial charge in [-0.15, -0.1) is 0 Å². The number of anilines is 2. The number of carbonyl (C=O) groups is 1. The van der Waals surface area contributed by atoms with Crippen LogP contribution in [0.25, 0.3) is 0 Å². The Hall–Kier alpha value is -2.18. The molecule has 7 heteroatoms. The largest absolute Gasteiger partial charge is 0.380 e. The number of piperidine rings is 1. The van der Waals surface area contributed by atoms with Crippen molar-refractivity contribution in [3.05, 3.63) is 46.7 Å². The van der Waals surface area contributed by atoms with Gasteiger partial charge >= 0.3 is 0 Å². The third kappa shape index (κ3) is 4.46. The van der Waals surface area contributed by atoms with Crippen molar-refractivity contribution in [1.82, 2.24) is 9.97 Å². The molecule has 132 valence electrons. The standard InChI is InChI=1S/C18H21ClN4O2/c1-25-12-13-6-5-7-14(10-13)21-17(24)16-15(19)11-20-18(22-16)23-8-3-2-4-9-23/h5-7,10-11H,2-4,8-9,12H2,1H3,(H,21,24). The number of rotatable bonds is 5. The molecule has 1 aliphatic rings. The number of benzene rings is 1. The number of nitrogens with zero attached hydrogens (tertiary/aromatic N) is 3. The van der Waals surface area contributed by atoms with Gasteiger partial charge in [0.25, 0.3) is 5.91 Å². The summed E-state index contributed by atoms with van der Waals surface area (Å²) in [5, 5.41) is 3.08. The average Bonchev–Trinajstić information content (AvgIpc) is 2.63. The molecule has 0 unspecified atom stereocenters. The van der Waals surface area contributed by atoms with E-state index in [1.165, 1.54) is 12.6 Å². The highest BCUT2D eigenvalue weighted by Crippen LogP contribution is 2.21. The van der Waals surface area contributed by atoms with Crippen LogP contribution in [0.15, 0.2) is 30.5 Å². The highest BCUT2D eigenvalue weighted by Gasteiger charge is 2.19. The first-order valence-electron chi connectivity index (χ1n) is 8.34. The third-order valence-corrected chi connectivity index (χ3v) is 4.36. The summed E-state index contributed by atoms with van der Waals surface area (Å²) in [6, 6.07) is 7.48. The predicted molar refractivity (Wildman–Crippen MR) is 98.2 cm³/mol. The van der Waals surface area contributed by atoms with Crippen LogP contribution in [-0.2, 0) is 11.3 Å². The molecule has 1 aromatic carbocycles. The Morgan fingerprint density at radius 3 is 2.88 bits per heavy atom. The Morgan fingerprint density at radius 1 is 1.32 bits per heavy atom. The second-order valence-corrected chi connectivity index (χ2v) is 6.41. The average molecular weight is 361 g/mol. The Kier molecular flexibility index (Phi) is 5.83. The first-order chi connectivity index (χ1) is 12.2. The van der Waals surface area contributed by atoms with Crippen molar-refractivity contribution in [1.29, 1.82) is 0 Å². The van der Waals surface area contributed by atoms with Crippen LogP contribution in [0.5, 0.6) is 0 Å². The van der Waals surface area contributed by atoms with Gasteiger partial charge in [-0.05, 0) is 37.0 Å². The van der Waals surface area contributed by atoms with Crippen molar-refractivity contribution >= 4 is 29.1 Å². The normalized spacial score (nSPS) is 14.4. The van der Waals surface area contributed by atoms with Crippen LogP contribution in [0.3, 0.4) is 0 Å². The van der Waals surface area contributed by atoms with E-state index < -0.39 is 0 Å². The molecule has 2 aromatic rings. The fourth-order valence-corrected chi connectivity index (χ4v) is 3.04. The SMILES string of the molecule is COCc1cccc(NC(=O)c2nc(N3CCCCC3)ncc2Cl)c1. The highest BCUT2D eigenvalue weighted by molar-refractivity contribution is 6.34. The van der Waals surface area contributed by atoms with Gasteiger partial charge in [0, 0.05) is 25.9 Å². The molecule has 0 spiro atoms. The maximum absolute atomic E-state index is 12.6. The number of carbonyl (C=O) groups excluding carboxylic acids is 1. The van der Waals surface area contributed by atoms with Crippen molar-refractivity contribution in [3.63, 3.8) is 0 Å². The van der Waals surface area contributed by atoms with Crippen molar-refractivity contribution in [2.24, 2.45) is 0 Å². The zero-order valence-corrected chi connectivity index (χ0v) is 14.9. The summed E-state index contributed by atoms with van der Waals surface area (Å²) >= 11 is 6.15. The van der Waals surface area contributed by atoms with Crippen molar-refractivity contribution in [2.45, 2.75) is 25.9 Å². The molecule has 25 heavy (non-hydrogen) atoms. The molecule has 1 amide bonds. The lowest BCUT2D eigenvalue weighted by atomic mass is 10.1. The minimum absolute atomic E-state index is 0.189. The van der Waals surface area contributed by atoms with Crippen LogP contribution >= 0.6 is 11.6 Å². The van der Waals surface area contributed by atoms with E-state index >= 15 is 0 Å². The topological polar surface area (TPSA) is 67.3 Å². The van der Waals surface area contributed by atoms with Gasteiger partial charge in [-0.3, -0.25) is 4.79 Å². The summed E-state index contributed by atoms with van der Waals surface area (Å²) < 4.78 is 5.11. The second kappa shape index (κ2) is 8.27. The third-order valence-electron chi connectivity index (χ3n) is 4.08. The molecule has 1 N–H and O–H groups in total. The van der Waals surface area contributed by atoms with Crippen molar-refractivity contribution < 1.29 is 9.53 Å². The van der Waals surface area contributed by atoms with Crippen LogP contribution in [0.4, 0.5) is 11.6 Å². The Labute approximate surface area is 152 Å². The van der Waals surface area contributed by atoms with Gasteiger partial charge in [-0.1, -0.05) is 23.7 Å². The molecule has 3 rings (SSSR count). The van der Waals surface area contributed by atoms with Gasteiger partial charge in [0.1, 0.15) is 0 Å². The highest BCUT2D eigenvalue weighted by atomic mass is 35.5. The Bertz CT molecular complexity index is 748. The number of halogens is 1. The molecule has 1 aromatic heterocycles. The molecule has 1 aliphatic heterocycles. The van der Waals surface area contributed by atoms with Crippen molar-refractivity contribution in [3.8, 4) is 0 Å². The van der Waals surface area contributed by atoms with E-state index in [0.29, 0.717) is 18.2 Å². The monoisotopic (exact) mass is 360 g/mol.